The lowest BCUT2D eigenvalue weighted by Crippen LogP contribution is -2.39. The Bertz CT molecular complexity index is 1220. The van der Waals surface area contributed by atoms with Crippen molar-refractivity contribution in [1.29, 1.82) is 0 Å². The number of carbonyl (C=O) groups excluding carboxylic acids is 1. The van der Waals surface area contributed by atoms with E-state index in [0.29, 0.717) is 53.7 Å². The lowest BCUT2D eigenvalue weighted by Gasteiger charge is -2.26. The van der Waals surface area contributed by atoms with Crippen LogP contribution in [0.5, 0.6) is 0 Å². The van der Waals surface area contributed by atoms with Crippen LogP contribution < -0.4 is 10.9 Å². The molecule has 0 spiro atoms. The van der Waals surface area contributed by atoms with Crippen LogP contribution in [-0.2, 0) is 4.79 Å². The molecular formula is C23H23N3O4. The standard InChI is InChI=1S/C23H23N3O4/c27-21(24-16-8-5-14(6-9-16)23(29)30)17-2-1-11-26-20(17)25-19-10-7-15(13-3-4-13)12-18(19)22(26)28/h1-2,7,10-14,16H,3-6,8-9H2,(H,24,27)(H,29,30)/t14-,16-. The van der Waals surface area contributed by atoms with E-state index in [4.69, 9.17) is 5.11 Å². The van der Waals surface area contributed by atoms with E-state index in [2.05, 4.69) is 10.3 Å². The minimum atomic E-state index is -0.769. The molecule has 0 saturated heterocycles. The van der Waals surface area contributed by atoms with Gasteiger partial charge in [0.25, 0.3) is 11.5 Å². The maximum Gasteiger partial charge on any atom is 0.306 e. The molecule has 1 aromatic carbocycles. The van der Waals surface area contributed by atoms with Gasteiger partial charge in [-0.25, -0.2) is 4.98 Å². The number of hydrogen-bond donors (Lipinski definition) is 2. The number of benzene rings is 1. The highest BCUT2D eigenvalue weighted by Crippen LogP contribution is 2.40. The summed E-state index contributed by atoms with van der Waals surface area (Å²) in [7, 11) is 0. The third-order valence-electron chi connectivity index (χ3n) is 6.37. The van der Waals surface area contributed by atoms with Gasteiger partial charge in [0.15, 0.2) is 5.65 Å². The zero-order chi connectivity index (χ0) is 20.8. The van der Waals surface area contributed by atoms with E-state index in [1.165, 1.54) is 9.96 Å². The van der Waals surface area contributed by atoms with Crippen LogP contribution in [-0.4, -0.2) is 32.4 Å². The number of carbonyl (C=O) groups is 2. The Balaban J connectivity index is 1.46. The lowest BCUT2D eigenvalue weighted by atomic mass is 9.86. The fourth-order valence-corrected chi connectivity index (χ4v) is 4.44. The van der Waals surface area contributed by atoms with Crippen molar-refractivity contribution in [1.82, 2.24) is 14.7 Å². The second kappa shape index (κ2) is 7.23. The van der Waals surface area contributed by atoms with Gasteiger partial charge in [0.05, 0.1) is 22.4 Å². The molecule has 1 amide bonds. The van der Waals surface area contributed by atoms with Crippen LogP contribution in [0.15, 0.2) is 41.3 Å². The van der Waals surface area contributed by atoms with E-state index in [-0.39, 0.29) is 23.4 Å². The first-order chi connectivity index (χ1) is 14.5. The molecule has 2 heterocycles. The Morgan fingerprint density at radius 1 is 1.07 bits per heavy atom. The minimum absolute atomic E-state index is 0.0679. The molecule has 2 fully saturated rings. The van der Waals surface area contributed by atoms with Gasteiger partial charge in [-0.1, -0.05) is 6.07 Å². The zero-order valence-corrected chi connectivity index (χ0v) is 16.5. The summed E-state index contributed by atoms with van der Waals surface area (Å²) in [5.74, 6) is -0.840. The summed E-state index contributed by atoms with van der Waals surface area (Å²) >= 11 is 0. The minimum Gasteiger partial charge on any atom is -0.481 e. The van der Waals surface area contributed by atoms with E-state index < -0.39 is 5.97 Å². The average molecular weight is 405 g/mol. The average Bonchev–Trinajstić information content (AvgIpc) is 3.59. The quantitative estimate of drug-likeness (QED) is 0.650. The molecule has 2 N–H and O–H groups in total. The number of hydrogen-bond acceptors (Lipinski definition) is 4. The van der Waals surface area contributed by atoms with Gasteiger partial charge in [0, 0.05) is 12.2 Å². The van der Waals surface area contributed by atoms with Crippen molar-refractivity contribution >= 4 is 28.4 Å². The number of pyridine rings is 1. The summed E-state index contributed by atoms with van der Waals surface area (Å²) in [6.07, 6.45) is 6.34. The van der Waals surface area contributed by atoms with Gasteiger partial charge < -0.3 is 10.4 Å². The summed E-state index contributed by atoms with van der Waals surface area (Å²) in [5.41, 5.74) is 2.28. The van der Waals surface area contributed by atoms with Gasteiger partial charge in [0.1, 0.15) is 0 Å². The van der Waals surface area contributed by atoms with Crippen molar-refractivity contribution in [3.63, 3.8) is 0 Å². The molecule has 7 heteroatoms. The van der Waals surface area contributed by atoms with E-state index >= 15 is 0 Å². The Morgan fingerprint density at radius 2 is 1.83 bits per heavy atom. The van der Waals surface area contributed by atoms with Gasteiger partial charge in [-0.2, -0.15) is 0 Å². The molecule has 2 saturated carbocycles. The number of carboxylic acids is 1. The van der Waals surface area contributed by atoms with E-state index in [1.807, 2.05) is 18.2 Å². The Hall–Kier alpha value is -3.22. The number of aliphatic carboxylic acids is 1. The number of rotatable bonds is 4. The second-order valence-electron chi connectivity index (χ2n) is 8.44. The van der Waals surface area contributed by atoms with Crippen molar-refractivity contribution in [3.8, 4) is 0 Å². The Labute approximate surface area is 172 Å². The largest absolute Gasteiger partial charge is 0.481 e. The van der Waals surface area contributed by atoms with Gasteiger partial charge >= 0.3 is 5.97 Å². The van der Waals surface area contributed by atoms with Crippen LogP contribution in [0.25, 0.3) is 16.6 Å². The number of nitrogens with zero attached hydrogens (tertiary/aromatic N) is 2. The molecule has 0 radical (unpaired) electrons. The highest BCUT2D eigenvalue weighted by molar-refractivity contribution is 6.00. The van der Waals surface area contributed by atoms with Crippen LogP contribution in [0, 0.1) is 5.92 Å². The summed E-state index contributed by atoms with van der Waals surface area (Å²) in [6, 6.07) is 9.11. The molecular weight excluding hydrogens is 382 g/mol. The molecule has 5 rings (SSSR count). The lowest BCUT2D eigenvalue weighted by molar-refractivity contribution is -0.142. The first kappa shape index (κ1) is 18.8. The fourth-order valence-electron chi connectivity index (χ4n) is 4.44. The molecule has 0 atom stereocenters. The van der Waals surface area contributed by atoms with Gasteiger partial charge in [0.2, 0.25) is 0 Å². The van der Waals surface area contributed by atoms with Crippen LogP contribution in [0.1, 0.15) is 60.4 Å². The molecule has 3 aromatic rings. The van der Waals surface area contributed by atoms with E-state index in [9.17, 15) is 14.4 Å². The SMILES string of the molecule is O=C(N[C@H]1CC[C@H](C(=O)O)CC1)c1cccn2c(=O)c3cc(C4CC4)ccc3nc12. The van der Waals surface area contributed by atoms with E-state index in [1.54, 1.807) is 18.3 Å². The van der Waals surface area contributed by atoms with Crippen molar-refractivity contribution < 1.29 is 14.7 Å². The zero-order valence-electron chi connectivity index (χ0n) is 16.5. The van der Waals surface area contributed by atoms with Crippen molar-refractivity contribution in [2.45, 2.75) is 50.5 Å². The number of carboxylic acid groups (broad SMARTS) is 1. The Morgan fingerprint density at radius 3 is 2.53 bits per heavy atom. The first-order valence-corrected chi connectivity index (χ1v) is 10.5. The monoisotopic (exact) mass is 405 g/mol. The second-order valence-corrected chi connectivity index (χ2v) is 8.44. The fraction of sp³-hybridized carbons (Fsp3) is 0.391. The highest BCUT2D eigenvalue weighted by Gasteiger charge is 2.28. The van der Waals surface area contributed by atoms with Gasteiger partial charge in [-0.3, -0.25) is 18.8 Å². The highest BCUT2D eigenvalue weighted by atomic mass is 16.4. The van der Waals surface area contributed by atoms with Gasteiger partial charge in [-0.15, -0.1) is 0 Å². The van der Waals surface area contributed by atoms with Gasteiger partial charge in [-0.05, 0) is 74.3 Å². The van der Waals surface area contributed by atoms with Crippen molar-refractivity contribution in [3.05, 3.63) is 58.0 Å². The summed E-state index contributed by atoms with van der Waals surface area (Å²) in [6.45, 7) is 0. The number of nitrogens with one attached hydrogen (secondary N) is 1. The number of fused-ring (bicyclic) bond motifs is 2. The number of amides is 1. The van der Waals surface area contributed by atoms with Crippen LogP contribution in [0.3, 0.4) is 0 Å². The molecule has 154 valence electrons. The molecule has 0 aliphatic heterocycles. The van der Waals surface area contributed by atoms with Crippen LogP contribution in [0.4, 0.5) is 0 Å². The molecule has 0 bridgehead atoms. The molecule has 30 heavy (non-hydrogen) atoms. The Kier molecular flexibility index (Phi) is 4.53. The molecule has 2 aromatic heterocycles. The van der Waals surface area contributed by atoms with Crippen molar-refractivity contribution in [2.75, 3.05) is 0 Å². The van der Waals surface area contributed by atoms with Crippen molar-refractivity contribution in [2.24, 2.45) is 5.92 Å². The maximum absolute atomic E-state index is 13.1. The summed E-state index contributed by atoms with van der Waals surface area (Å²) in [4.78, 5) is 41.8. The molecule has 2 aliphatic carbocycles. The maximum atomic E-state index is 13.1. The topological polar surface area (TPSA) is 101 Å². The summed E-state index contributed by atoms with van der Waals surface area (Å²) < 4.78 is 1.44. The predicted octanol–water partition coefficient (Wildman–Crippen LogP) is 3.10. The summed E-state index contributed by atoms with van der Waals surface area (Å²) in [5, 5.41) is 12.7. The third-order valence-corrected chi connectivity index (χ3v) is 6.37. The van der Waals surface area contributed by atoms with E-state index in [0.717, 1.165) is 12.8 Å². The normalized spacial score (nSPS) is 21.6. The van der Waals surface area contributed by atoms with Crippen LogP contribution >= 0.6 is 0 Å². The number of aromatic nitrogens is 2. The molecule has 7 nitrogen and oxygen atoms in total. The third kappa shape index (κ3) is 3.34. The van der Waals surface area contributed by atoms with Crippen LogP contribution in [0.2, 0.25) is 0 Å². The molecule has 2 aliphatic rings. The predicted molar refractivity (Wildman–Crippen MR) is 112 cm³/mol. The molecule has 0 unspecified atom stereocenters. The smallest absolute Gasteiger partial charge is 0.306 e. The first-order valence-electron chi connectivity index (χ1n) is 10.5.